The van der Waals surface area contributed by atoms with Crippen LogP contribution in [0.4, 0.5) is 0 Å². The second-order valence-corrected chi connectivity index (χ2v) is 7.95. The topological polar surface area (TPSA) is 85.9 Å². The quantitative estimate of drug-likeness (QED) is 0.577. The molecule has 0 bridgehead atoms. The third-order valence-electron chi connectivity index (χ3n) is 4.78. The summed E-state index contributed by atoms with van der Waals surface area (Å²) in [4.78, 5) is 0. The molecule has 1 heterocycles. The molecule has 2 aromatic rings. The van der Waals surface area contributed by atoms with Crippen LogP contribution in [0.5, 0.6) is 23.0 Å². The van der Waals surface area contributed by atoms with E-state index in [9.17, 15) is 0 Å². The van der Waals surface area contributed by atoms with E-state index in [4.69, 9.17) is 37.9 Å². The highest BCUT2D eigenvalue weighted by Crippen LogP contribution is 2.27. The van der Waals surface area contributed by atoms with Crippen LogP contribution in [0.2, 0.25) is 0 Å². The lowest BCUT2D eigenvalue weighted by atomic mass is 10.3. The van der Waals surface area contributed by atoms with E-state index in [1.54, 1.807) is 0 Å². The van der Waals surface area contributed by atoms with Crippen molar-refractivity contribution in [3.05, 3.63) is 48.5 Å². The van der Waals surface area contributed by atoms with Crippen molar-refractivity contribution in [3.8, 4) is 23.0 Å². The first-order valence-electron chi connectivity index (χ1n) is 12.8. The van der Waals surface area contributed by atoms with Crippen molar-refractivity contribution < 1.29 is 37.9 Å². The van der Waals surface area contributed by atoms with Crippen LogP contribution in [-0.4, -0.2) is 92.1 Å². The van der Waals surface area contributed by atoms with Crippen LogP contribution in [0.15, 0.2) is 48.5 Å². The molecule has 1 aliphatic heterocycles. The zero-order chi connectivity index (χ0) is 26.2. The van der Waals surface area contributed by atoms with E-state index in [0.717, 1.165) is 12.8 Å². The Hall–Kier alpha value is -2.13. The Morgan fingerprint density at radius 1 is 0.514 bits per heavy atom. The van der Waals surface area contributed by atoms with Crippen LogP contribution >= 0.6 is 9.24 Å². The summed E-state index contributed by atoms with van der Waals surface area (Å²) in [5, 5.41) is 3.07. The maximum atomic E-state index is 5.78. The molecule has 0 spiro atoms. The molecule has 0 aliphatic carbocycles. The first-order chi connectivity index (χ1) is 18.3. The van der Waals surface area contributed by atoms with Crippen molar-refractivity contribution in [1.82, 2.24) is 5.32 Å². The van der Waals surface area contributed by atoms with Gasteiger partial charge in [0.1, 0.15) is 26.4 Å². The predicted octanol–water partition coefficient (Wildman–Crippen LogP) is 3.41. The van der Waals surface area contributed by atoms with Crippen LogP contribution in [0.1, 0.15) is 6.92 Å². The van der Waals surface area contributed by atoms with Gasteiger partial charge in [-0.25, -0.2) is 0 Å². The standard InChI is InChI=1S/C24H32O8.C3H10NP/c1-2-6-22-21(5-1)29-17-13-25-9-10-27-15-19-31-23-7-3-4-8-24(23)32-20-16-28-12-11-26-14-18-30-22;1-2-4-3-5/h1-8H,9-20H2;4H,2-3,5H2,1H3. The zero-order valence-electron chi connectivity index (χ0n) is 21.9. The molecular weight excluding hydrogens is 497 g/mol. The van der Waals surface area contributed by atoms with E-state index < -0.39 is 0 Å². The monoisotopic (exact) mass is 539 g/mol. The van der Waals surface area contributed by atoms with Gasteiger partial charge in [0.05, 0.1) is 52.9 Å². The summed E-state index contributed by atoms with van der Waals surface area (Å²) >= 11 is 0. The third kappa shape index (κ3) is 15.0. The van der Waals surface area contributed by atoms with Gasteiger partial charge in [-0.3, -0.25) is 0 Å². The normalized spacial score (nSPS) is 16.9. The Labute approximate surface area is 223 Å². The van der Waals surface area contributed by atoms with E-state index in [2.05, 4.69) is 21.5 Å². The molecule has 0 aromatic heterocycles. The van der Waals surface area contributed by atoms with E-state index in [0.29, 0.717) is 102 Å². The number of hydrogen-bond donors (Lipinski definition) is 1. The maximum absolute atomic E-state index is 5.78. The average Bonchev–Trinajstić information content (AvgIpc) is 2.92. The van der Waals surface area contributed by atoms with Crippen LogP contribution in [0.25, 0.3) is 0 Å². The minimum Gasteiger partial charge on any atom is -0.487 e. The van der Waals surface area contributed by atoms with Crippen molar-refractivity contribution in [2.75, 3.05) is 92.1 Å². The molecule has 1 aliphatic rings. The Morgan fingerprint density at radius 2 is 0.784 bits per heavy atom. The summed E-state index contributed by atoms with van der Waals surface area (Å²) < 4.78 is 45.3. The van der Waals surface area contributed by atoms with Gasteiger partial charge in [-0.1, -0.05) is 31.2 Å². The van der Waals surface area contributed by atoms with Crippen molar-refractivity contribution in [1.29, 1.82) is 0 Å². The first-order valence-corrected chi connectivity index (χ1v) is 13.6. The first kappa shape index (κ1) is 31.1. The van der Waals surface area contributed by atoms with E-state index >= 15 is 0 Å². The highest BCUT2D eigenvalue weighted by molar-refractivity contribution is 7.16. The zero-order valence-corrected chi connectivity index (χ0v) is 23.0. The molecule has 1 unspecified atom stereocenters. The number of fused-ring (bicyclic) bond motifs is 2. The molecule has 10 heteroatoms. The molecule has 208 valence electrons. The SMILES string of the molecule is CCNCP.c1ccc2c(c1)OCCOCCOCCOc1ccccc1OCCOCCOCCO2. The van der Waals surface area contributed by atoms with Crippen molar-refractivity contribution in [2.45, 2.75) is 6.92 Å². The summed E-state index contributed by atoms with van der Waals surface area (Å²) in [6, 6.07) is 15.1. The van der Waals surface area contributed by atoms with Crippen LogP contribution in [0.3, 0.4) is 0 Å². The highest BCUT2D eigenvalue weighted by atomic mass is 31.0. The molecule has 1 atom stereocenters. The number of ether oxygens (including phenoxy) is 8. The van der Waals surface area contributed by atoms with Gasteiger partial charge in [0.2, 0.25) is 0 Å². The summed E-state index contributed by atoms with van der Waals surface area (Å²) in [5.41, 5.74) is 0. The Bertz CT molecular complexity index is 686. The molecule has 1 N–H and O–H groups in total. The molecule has 37 heavy (non-hydrogen) atoms. The third-order valence-corrected chi connectivity index (χ3v) is 5.07. The molecule has 0 saturated carbocycles. The largest absolute Gasteiger partial charge is 0.487 e. The number of hydrogen-bond acceptors (Lipinski definition) is 9. The Balaban J connectivity index is 0.000000877. The van der Waals surface area contributed by atoms with E-state index in [1.807, 2.05) is 48.5 Å². The van der Waals surface area contributed by atoms with Crippen molar-refractivity contribution >= 4 is 9.24 Å². The molecule has 0 saturated heterocycles. The fourth-order valence-electron chi connectivity index (χ4n) is 3.01. The highest BCUT2D eigenvalue weighted by Gasteiger charge is 2.06. The van der Waals surface area contributed by atoms with Gasteiger partial charge in [-0.2, -0.15) is 0 Å². The smallest absolute Gasteiger partial charge is 0.161 e. The molecule has 0 fully saturated rings. The van der Waals surface area contributed by atoms with Gasteiger partial charge >= 0.3 is 0 Å². The lowest BCUT2D eigenvalue weighted by Crippen LogP contribution is -2.15. The van der Waals surface area contributed by atoms with E-state index in [-0.39, 0.29) is 0 Å². The summed E-state index contributed by atoms with van der Waals surface area (Å²) in [6.07, 6.45) is 1.01. The fraction of sp³-hybridized carbons (Fsp3) is 0.556. The summed E-state index contributed by atoms with van der Waals surface area (Å²) in [5.74, 6) is 2.73. The predicted molar refractivity (Wildman–Crippen MR) is 146 cm³/mol. The molecule has 0 radical (unpaired) electrons. The maximum Gasteiger partial charge on any atom is 0.161 e. The second kappa shape index (κ2) is 21.9. The number of benzene rings is 2. The van der Waals surface area contributed by atoms with Crippen molar-refractivity contribution in [3.63, 3.8) is 0 Å². The molecule has 0 amide bonds. The van der Waals surface area contributed by atoms with Gasteiger partial charge < -0.3 is 43.2 Å². The average molecular weight is 540 g/mol. The van der Waals surface area contributed by atoms with Gasteiger partial charge in [0.15, 0.2) is 23.0 Å². The van der Waals surface area contributed by atoms with Gasteiger partial charge in [-0.15, -0.1) is 9.24 Å². The number of nitrogens with one attached hydrogen (secondary N) is 1. The molecule has 9 nitrogen and oxygen atoms in total. The van der Waals surface area contributed by atoms with Gasteiger partial charge in [-0.05, 0) is 30.8 Å². The molecular formula is C27H42NO8P. The minimum atomic E-state index is 0.425. The Morgan fingerprint density at radius 3 is 1.00 bits per heavy atom. The number of rotatable bonds is 2. The molecule has 3 rings (SSSR count). The van der Waals surface area contributed by atoms with Gasteiger partial charge in [0.25, 0.3) is 0 Å². The lowest BCUT2D eigenvalue weighted by molar-refractivity contribution is 0.0223. The molecule has 2 aromatic carbocycles. The Kier molecular flexibility index (Phi) is 18.4. The van der Waals surface area contributed by atoms with Crippen LogP contribution in [-0.2, 0) is 18.9 Å². The van der Waals surface area contributed by atoms with E-state index in [1.165, 1.54) is 0 Å². The van der Waals surface area contributed by atoms with Crippen LogP contribution < -0.4 is 24.3 Å². The van der Waals surface area contributed by atoms with Crippen molar-refractivity contribution in [2.24, 2.45) is 0 Å². The fourth-order valence-corrected chi connectivity index (χ4v) is 3.30. The summed E-state index contributed by atoms with van der Waals surface area (Å²) in [7, 11) is 2.59. The minimum absolute atomic E-state index is 0.425. The lowest BCUT2D eigenvalue weighted by Gasteiger charge is -2.14. The van der Waals surface area contributed by atoms with Gasteiger partial charge in [0, 0.05) is 6.29 Å². The number of para-hydroxylation sites is 4. The van der Waals surface area contributed by atoms with Crippen LogP contribution in [0, 0.1) is 0 Å². The second-order valence-electron chi connectivity index (χ2n) is 7.54. The summed E-state index contributed by atoms with van der Waals surface area (Å²) in [6.45, 7) is 8.64.